The van der Waals surface area contributed by atoms with E-state index < -0.39 is 0 Å². The predicted molar refractivity (Wildman–Crippen MR) is 123 cm³/mol. The van der Waals surface area contributed by atoms with Gasteiger partial charge in [0.05, 0.1) is 5.69 Å². The molecule has 1 atom stereocenters. The molecule has 1 aliphatic heterocycles. The fourth-order valence-electron chi connectivity index (χ4n) is 4.65. The van der Waals surface area contributed by atoms with Gasteiger partial charge in [-0.2, -0.15) is 0 Å². The molecule has 2 aliphatic rings. The number of hydrogen-bond donors (Lipinski definition) is 3. The quantitative estimate of drug-likeness (QED) is 0.579. The van der Waals surface area contributed by atoms with Gasteiger partial charge in [-0.3, -0.25) is 4.98 Å². The van der Waals surface area contributed by atoms with Crippen LogP contribution in [0.5, 0.6) is 0 Å². The number of pyridine rings is 3. The standard InChI is InChI=1S/C24H30N6/c1-2-5-19(6-3-1)28-23-14-17(8-12-27-23)22-13-18-15-26-11-9-21(18)24(30-22)29-20-7-4-10-25-16-20/h8-9,11-15,19-20,25H,1-7,10,16H2,(H,27,28)(H,29,30). The molecule has 5 rings (SSSR count). The first kappa shape index (κ1) is 19.2. The van der Waals surface area contributed by atoms with E-state index in [0.29, 0.717) is 12.1 Å². The highest BCUT2D eigenvalue weighted by Crippen LogP contribution is 2.29. The van der Waals surface area contributed by atoms with Crippen LogP contribution in [0, 0.1) is 0 Å². The van der Waals surface area contributed by atoms with Crippen LogP contribution in [-0.2, 0) is 0 Å². The first-order valence-electron chi connectivity index (χ1n) is 11.3. The highest BCUT2D eigenvalue weighted by molar-refractivity contribution is 5.94. The summed E-state index contributed by atoms with van der Waals surface area (Å²) in [6, 6.07) is 9.29. The van der Waals surface area contributed by atoms with Gasteiger partial charge in [0, 0.05) is 53.6 Å². The second-order valence-corrected chi connectivity index (χ2v) is 8.55. The number of piperidine rings is 1. The molecule has 156 valence electrons. The van der Waals surface area contributed by atoms with Crippen molar-refractivity contribution in [3.8, 4) is 11.3 Å². The van der Waals surface area contributed by atoms with E-state index in [1.54, 1.807) is 0 Å². The normalized spacial score (nSPS) is 20.2. The smallest absolute Gasteiger partial charge is 0.134 e. The van der Waals surface area contributed by atoms with Crippen molar-refractivity contribution in [1.82, 2.24) is 20.3 Å². The molecule has 0 radical (unpaired) electrons. The number of nitrogens with zero attached hydrogens (tertiary/aromatic N) is 3. The summed E-state index contributed by atoms with van der Waals surface area (Å²) in [7, 11) is 0. The molecule has 3 aromatic heterocycles. The van der Waals surface area contributed by atoms with E-state index in [-0.39, 0.29) is 0 Å². The number of aromatic nitrogens is 3. The second kappa shape index (κ2) is 8.96. The maximum atomic E-state index is 5.03. The van der Waals surface area contributed by atoms with Gasteiger partial charge in [-0.05, 0) is 56.5 Å². The van der Waals surface area contributed by atoms with Gasteiger partial charge in [0.1, 0.15) is 11.6 Å². The Hall–Kier alpha value is -2.73. The summed E-state index contributed by atoms with van der Waals surface area (Å²) < 4.78 is 0. The Kier molecular flexibility index (Phi) is 5.75. The molecule has 1 aliphatic carbocycles. The third kappa shape index (κ3) is 4.38. The maximum absolute atomic E-state index is 5.03. The minimum Gasteiger partial charge on any atom is -0.367 e. The number of fused-ring (bicyclic) bond motifs is 1. The lowest BCUT2D eigenvalue weighted by Crippen LogP contribution is -2.38. The Labute approximate surface area is 177 Å². The zero-order valence-electron chi connectivity index (χ0n) is 17.4. The van der Waals surface area contributed by atoms with Crippen LogP contribution in [0.4, 0.5) is 11.6 Å². The summed E-state index contributed by atoms with van der Waals surface area (Å²) in [5.74, 6) is 1.88. The monoisotopic (exact) mass is 402 g/mol. The summed E-state index contributed by atoms with van der Waals surface area (Å²) in [6.45, 7) is 2.08. The van der Waals surface area contributed by atoms with E-state index in [0.717, 1.165) is 53.2 Å². The van der Waals surface area contributed by atoms with E-state index in [9.17, 15) is 0 Å². The molecule has 3 aromatic rings. The SMILES string of the molecule is c1cc2c(NC3CCCNC3)nc(-c3ccnc(NC4CCCCC4)c3)cc2cn1. The molecule has 3 N–H and O–H groups in total. The van der Waals surface area contributed by atoms with Gasteiger partial charge < -0.3 is 16.0 Å². The van der Waals surface area contributed by atoms with Crippen LogP contribution in [0.1, 0.15) is 44.9 Å². The van der Waals surface area contributed by atoms with Crippen molar-refractivity contribution >= 4 is 22.4 Å². The molecule has 6 nitrogen and oxygen atoms in total. The molecule has 0 aromatic carbocycles. The summed E-state index contributed by atoms with van der Waals surface area (Å²) in [5, 5.41) is 13.0. The Morgan fingerprint density at radius 3 is 2.67 bits per heavy atom. The largest absolute Gasteiger partial charge is 0.367 e. The molecule has 1 saturated heterocycles. The third-order valence-electron chi connectivity index (χ3n) is 6.28. The van der Waals surface area contributed by atoms with Crippen LogP contribution in [0.3, 0.4) is 0 Å². The van der Waals surface area contributed by atoms with Crippen molar-refractivity contribution < 1.29 is 0 Å². The van der Waals surface area contributed by atoms with Crippen LogP contribution in [0.25, 0.3) is 22.0 Å². The van der Waals surface area contributed by atoms with Crippen LogP contribution >= 0.6 is 0 Å². The molecule has 2 fully saturated rings. The molecule has 1 unspecified atom stereocenters. The average Bonchev–Trinajstić information content (AvgIpc) is 2.80. The van der Waals surface area contributed by atoms with E-state index in [4.69, 9.17) is 4.98 Å². The van der Waals surface area contributed by atoms with Gasteiger partial charge in [-0.25, -0.2) is 9.97 Å². The van der Waals surface area contributed by atoms with Crippen molar-refractivity contribution in [3.05, 3.63) is 42.9 Å². The summed E-state index contributed by atoms with van der Waals surface area (Å²) in [4.78, 5) is 13.9. The fraction of sp³-hybridized carbons (Fsp3) is 0.458. The van der Waals surface area contributed by atoms with Gasteiger partial charge >= 0.3 is 0 Å². The van der Waals surface area contributed by atoms with Crippen LogP contribution in [-0.4, -0.2) is 40.1 Å². The van der Waals surface area contributed by atoms with E-state index in [1.807, 2.05) is 30.7 Å². The molecule has 1 saturated carbocycles. The lowest BCUT2D eigenvalue weighted by Gasteiger charge is -2.25. The summed E-state index contributed by atoms with van der Waals surface area (Å²) in [6.07, 6.45) is 14.4. The zero-order chi connectivity index (χ0) is 20.2. The highest BCUT2D eigenvalue weighted by Gasteiger charge is 2.17. The lowest BCUT2D eigenvalue weighted by molar-refractivity contribution is 0.462. The first-order valence-corrected chi connectivity index (χ1v) is 11.3. The highest BCUT2D eigenvalue weighted by atomic mass is 15.1. The maximum Gasteiger partial charge on any atom is 0.134 e. The van der Waals surface area contributed by atoms with E-state index in [1.165, 1.54) is 38.5 Å². The molecule has 4 heterocycles. The minimum absolute atomic E-state index is 0.402. The van der Waals surface area contributed by atoms with Crippen LogP contribution in [0.2, 0.25) is 0 Å². The molecule has 6 heteroatoms. The van der Waals surface area contributed by atoms with E-state index in [2.05, 4.69) is 38.1 Å². The average molecular weight is 403 g/mol. The van der Waals surface area contributed by atoms with Gasteiger partial charge in [0.15, 0.2) is 0 Å². The topological polar surface area (TPSA) is 74.8 Å². The minimum atomic E-state index is 0.402. The molecular formula is C24H30N6. The number of rotatable bonds is 5. The lowest BCUT2D eigenvalue weighted by atomic mass is 9.95. The van der Waals surface area contributed by atoms with Gasteiger partial charge in [-0.1, -0.05) is 19.3 Å². The Morgan fingerprint density at radius 1 is 0.900 bits per heavy atom. The second-order valence-electron chi connectivity index (χ2n) is 8.55. The fourth-order valence-corrected chi connectivity index (χ4v) is 4.65. The predicted octanol–water partition coefficient (Wildman–Crippen LogP) is 4.60. The van der Waals surface area contributed by atoms with Crippen molar-refractivity contribution in [2.75, 3.05) is 23.7 Å². The Balaban J connectivity index is 1.45. The van der Waals surface area contributed by atoms with E-state index >= 15 is 0 Å². The molecular weight excluding hydrogens is 372 g/mol. The number of anilines is 2. The summed E-state index contributed by atoms with van der Waals surface area (Å²) in [5.41, 5.74) is 2.04. The van der Waals surface area contributed by atoms with Crippen molar-refractivity contribution in [2.45, 2.75) is 57.0 Å². The molecule has 0 spiro atoms. The first-order chi connectivity index (χ1) is 14.8. The summed E-state index contributed by atoms with van der Waals surface area (Å²) >= 11 is 0. The van der Waals surface area contributed by atoms with Gasteiger partial charge in [-0.15, -0.1) is 0 Å². The third-order valence-corrected chi connectivity index (χ3v) is 6.28. The van der Waals surface area contributed by atoms with Gasteiger partial charge in [0.25, 0.3) is 0 Å². The number of hydrogen-bond acceptors (Lipinski definition) is 6. The zero-order valence-corrected chi connectivity index (χ0v) is 17.4. The van der Waals surface area contributed by atoms with Crippen molar-refractivity contribution in [2.24, 2.45) is 0 Å². The Morgan fingerprint density at radius 2 is 1.80 bits per heavy atom. The molecule has 0 bridgehead atoms. The molecule has 30 heavy (non-hydrogen) atoms. The van der Waals surface area contributed by atoms with Crippen molar-refractivity contribution in [3.63, 3.8) is 0 Å². The Bertz CT molecular complexity index is 992. The van der Waals surface area contributed by atoms with Gasteiger partial charge in [0.2, 0.25) is 0 Å². The number of nitrogens with one attached hydrogen (secondary N) is 3. The van der Waals surface area contributed by atoms with Crippen LogP contribution in [0.15, 0.2) is 42.9 Å². The van der Waals surface area contributed by atoms with Crippen LogP contribution < -0.4 is 16.0 Å². The molecule has 0 amide bonds. The van der Waals surface area contributed by atoms with Crippen molar-refractivity contribution in [1.29, 1.82) is 0 Å².